The van der Waals surface area contributed by atoms with E-state index in [4.69, 9.17) is 10.00 Å². The maximum atomic E-state index is 12.6. The Balaban J connectivity index is 1.31. The Hall–Kier alpha value is -3.33. The maximum absolute atomic E-state index is 12.6. The topological polar surface area (TPSA) is 90.8 Å². The molecule has 6 nitrogen and oxygen atoms in total. The molecule has 136 valence electrons. The predicted octanol–water partition coefficient (Wildman–Crippen LogP) is 3.55. The average Bonchev–Trinajstić information content (AvgIpc) is 3.14. The van der Waals surface area contributed by atoms with Crippen LogP contribution >= 0.6 is 0 Å². The second kappa shape index (κ2) is 7.50. The molecule has 1 aromatic carbocycles. The van der Waals surface area contributed by atoms with Crippen molar-refractivity contribution in [2.75, 3.05) is 0 Å². The third-order valence-corrected chi connectivity index (χ3v) is 5.00. The molecule has 4 rings (SSSR count). The molecule has 2 heterocycles. The first-order chi connectivity index (χ1) is 13.2. The number of amides is 1. The number of pyridine rings is 1. The molecule has 0 atom stereocenters. The van der Waals surface area contributed by atoms with Crippen LogP contribution in [0.5, 0.6) is 5.88 Å². The summed E-state index contributed by atoms with van der Waals surface area (Å²) in [5.41, 5.74) is 2.17. The lowest BCUT2D eigenvalue weighted by atomic mass is 9.92. The smallest absolute Gasteiger partial charge is 0.253 e. The molecule has 0 radical (unpaired) electrons. The monoisotopic (exact) mass is 360 g/mol. The summed E-state index contributed by atoms with van der Waals surface area (Å²) in [7, 11) is 0. The van der Waals surface area contributed by atoms with Gasteiger partial charge in [-0.05, 0) is 37.8 Å². The van der Waals surface area contributed by atoms with Crippen molar-refractivity contribution < 1.29 is 9.53 Å². The van der Waals surface area contributed by atoms with E-state index >= 15 is 0 Å². The molecule has 2 N–H and O–H groups in total. The summed E-state index contributed by atoms with van der Waals surface area (Å²) in [6.07, 6.45) is 6.84. The molecule has 0 unspecified atom stereocenters. The van der Waals surface area contributed by atoms with Gasteiger partial charge in [-0.25, -0.2) is 4.98 Å². The van der Waals surface area contributed by atoms with Crippen LogP contribution in [0.4, 0.5) is 0 Å². The summed E-state index contributed by atoms with van der Waals surface area (Å²) < 4.78 is 5.90. The maximum Gasteiger partial charge on any atom is 0.253 e. The number of carbonyl (C=O) groups is 1. The van der Waals surface area contributed by atoms with Gasteiger partial charge in [-0.3, -0.25) is 4.79 Å². The minimum atomic E-state index is -0.0365. The molecule has 3 aromatic rings. The van der Waals surface area contributed by atoms with E-state index in [1.54, 1.807) is 18.3 Å². The van der Waals surface area contributed by atoms with Gasteiger partial charge in [-0.1, -0.05) is 18.2 Å². The van der Waals surface area contributed by atoms with Crippen molar-refractivity contribution in [3.63, 3.8) is 0 Å². The van der Waals surface area contributed by atoms with Crippen molar-refractivity contribution >= 4 is 16.8 Å². The number of hydrogen-bond donors (Lipinski definition) is 2. The van der Waals surface area contributed by atoms with E-state index in [0.29, 0.717) is 17.0 Å². The van der Waals surface area contributed by atoms with Crippen LogP contribution in [0.3, 0.4) is 0 Å². The highest BCUT2D eigenvalue weighted by molar-refractivity contribution is 6.06. The van der Waals surface area contributed by atoms with Gasteiger partial charge in [0, 0.05) is 35.4 Å². The van der Waals surface area contributed by atoms with Crippen LogP contribution in [0.25, 0.3) is 10.9 Å². The number of ether oxygens (including phenoxy) is 1. The molecule has 1 amide bonds. The van der Waals surface area contributed by atoms with E-state index in [-0.39, 0.29) is 18.1 Å². The molecule has 6 heteroatoms. The van der Waals surface area contributed by atoms with Gasteiger partial charge < -0.3 is 15.0 Å². The fourth-order valence-electron chi connectivity index (χ4n) is 3.53. The molecule has 0 aliphatic heterocycles. The van der Waals surface area contributed by atoms with Crippen molar-refractivity contribution in [2.45, 2.75) is 37.8 Å². The van der Waals surface area contributed by atoms with Crippen LogP contribution in [0.2, 0.25) is 0 Å². The number of rotatable bonds is 4. The van der Waals surface area contributed by atoms with Gasteiger partial charge in [0.05, 0.1) is 11.1 Å². The number of nitrogens with zero attached hydrogens (tertiary/aromatic N) is 2. The number of para-hydroxylation sites is 1. The molecule has 1 aliphatic carbocycles. The van der Waals surface area contributed by atoms with Gasteiger partial charge in [-0.2, -0.15) is 5.26 Å². The number of fused-ring (bicyclic) bond motifs is 1. The van der Waals surface area contributed by atoms with Gasteiger partial charge in [0.25, 0.3) is 5.91 Å². The van der Waals surface area contributed by atoms with Crippen molar-refractivity contribution in [2.24, 2.45) is 0 Å². The molecular formula is C21H20N4O2. The van der Waals surface area contributed by atoms with E-state index < -0.39 is 0 Å². The van der Waals surface area contributed by atoms with E-state index in [9.17, 15) is 4.79 Å². The van der Waals surface area contributed by atoms with Crippen molar-refractivity contribution in [3.8, 4) is 11.9 Å². The third kappa shape index (κ3) is 3.77. The zero-order valence-corrected chi connectivity index (χ0v) is 14.8. The summed E-state index contributed by atoms with van der Waals surface area (Å²) in [5, 5.41) is 12.9. The number of aromatic nitrogens is 2. The normalized spacial score (nSPS) is 19.4. The van der Waals surface area contributed by atoms with Gasteiger partial charge in [0.1, 0.15) is 12.2 Å². The predicted molar refractivity (Wildman–Crippen MR) is 101 cm³/mol. The first-order valence-electron chi connectivity index (χ1n) is 9.13. The van der Waals surface area contributed by atoms with Crippen LogP contribution < -0.4 is 10.1 Å². The van der Waals surface area contributed by atoms with Crippen LogP contribution in [-0.4, -0.2) is 28.0 Å². The average molecular weight is 360 g/mol. The quantitative estimate of drug-likeness (QED) is 0.744. The van der Waals surface area contributed by atoms with E-state index in [2.05, 4.69) is 15.3 Å². The summed E-state index contributed by atoms with van der Waals surface area (Å²) in [6.45, 7) is 0. The first-order valence-corrected chi connectivity index (χ1v) is 9.13. The molecule has 0 bridgehead atoms. The second-order valence-electron chi connectivity index (χ2n) is 6.81. The minimum Gasteiger partial charge on any atom is -0.474 e. The lowest BCUT2D eigenvalue weighted by Crippen LogP contribution is -2.39. The number of benzene rings is 1. The SMILES string of the molecule is N#Cc1ccc(OC2CCC(NC(=O)c3c[nH]c4ccccc34)CC2)nc1. The molecule has 0 saturated heterocycles. The van der Waals surface area contributed by atoms with Gasteiger partial charge >= 0.3 is 0 Å². The van der Waals surface area contributed by atoms with Crippen LogP contribution in [0.15, 0.2) is 48.8 Å². The zero-order chi connectivity index (χ0) is 18.6. The van der Waals surface area contributed by atoms with Gasteiger partial charge in [0.15, 0.2) is 0 Å². The van der Waals surface area contributed by atoms with Crippen LogP contribution in [0, 0.1) is 11.3 Å². The number of H-pyrrole nitrogens is 1. The Bertz CT molecular complexity index is 979. The molecule has 1 saturated carbocycles. The summed E-state index contributed by atoms with van der Waals surface area (Å²) >= 11 is 0. The minimum absolute atomic E-state index is 0.0365. The number of nitriles is 1. The van der Waals surface area contributed by atoms with Crippen molar-refractivity contribution in [1.82, 2.24) is 15.3 Å². The number of aromatic amines is 1. The Morgan fingerprint density at radius 3 is 2.74 bits per heavy atom. The Morgan fingerprint density at radius 2 is 2.00 bits per heavy atom. The van der Waals surface area contributed by atoms with E-state index in [1.807, 2.05) is 30.3 Å². The highest BCUT2D eigenvalue weighted by Gasteiger charge is 2.25. The fourth-order valence-corrected chi connectivity index (χ4v) is 3.53. The lowest BCUT2D eigenvalue weighted by Gasteiger charge is -2.29. The largest absolute Gasteiger partial charge is 0.474 e. The summed E-state index contributed by atoms with van der Waals surface area (Å²) in [5.74, 6) is 0.505. The summed E-state index contributed by atoms with van der Waals surface area (Å²) in [4.78, 5) is 19.9. The summed E-state index contributed by atoms with van der Waals surface area (Å²) in [6, 6.07) is 13.4. The third-order valence-electron chi connectivity index (χ3n) is 5.00. The van der Waals surface area contributed by atoms with Crippen LogP contribution in [-0.2, 0) is 0 Å². The molecule has 27 heavy (non-hydrogen) atoms. The number of hydrogen-bond acceptors (Lipinski definition) is 4. The molecule has 0 spiro atoms. The van der Waals surface area contributed by atoms with Crippen molar-refractivity contribution in [1.29, 1.82) is 5.26 Å². The molecule has 1 fully saturated rings. The highest BCUT2D eigenvalue weighted by atomic mass is 16.5. The lowest BCUT2D eigenvalue weighted by molar-refractivity contribution is 0.0892. The van der Waals surface area contributed by atoms with Crippen molar-refractivity contribution in [3.05, 3.63) is 59.9 Å². The Morgan fingerprint density at radius 1 is 1.19 bits per heavy atom. The molecule has 2 aromatic heterocycles. The Kier molecular flexibility index (Phi) is 4.75. The van der Waals surface area contributed by atoms with Gasteiger partial charge in [-0.15, -0.1) is 0 Å². The standard InChI is InChI=1S/C21H20N4O2/c22-11-14-5-10-20(24-12-14)27-16-8-6-15(7-9-16)25-21(26)18-13-23-19-4-2-1-3-17(18)19/h1-5,10,12-13,15-16,23H,6-9H2,(H,25,26). The Labute approximate surface area is 157 Å². The molecule has 1 aliphatic rings. The number of carbonyl (C=O) groups excluding carboxylic acids is 1. The molecular weight excluding hydrogens is 340 g/mol. The first kappa shape index (κ1) is 17.1. The highest BCUT2D eigenvalue weighted by Crippen LogP contribution is 2.24. The fraction of sp³-hybridized carbons (Fsp3) is 0.286. The van der Waals surface area contributed by atoms with Gasteiger partial charge in [0.2, 0.25) is 5.88 Å². The van der Waals surface area contributed by atoms with Crippen LogP contribution in [0.1, 0.15) is 41.6 Å². The zero-order valence-electron chi connectivity index (χ0n) is 14.8. The second-order valence-corrected chi connectivity index (χ2v) is 6.81. The number of nitrogens with one attached hydrogen (secondary N) is 2. The van der Waals surface area contributed by atoms with E-state index in [1.165, 1.54) is 6.20 Å². The van der Waals surface area contributed by atoms with E-state index in [0.717, 1.165) is 36.6 Å².